The van der Waals surface area contributed by atoms with Crippen molar-refractivity contribution in [3.8, 4) is 0 Å². The molecule has 0 radical (unpaired) electrons. The van der Waals surface area contributed by atoms with Gasteiger partial charge >= 0.3 is 0 Å². The van der Waals surface area contributed by atoms with Crippen LogP contribution in [0.3, 0.4) is 0 Å². The Morgan fingerprint density at radius 3 is 2.81 bits per heavy atom. The molecule has 108 valence electrons. The molecule has 1 aromatic heterocycles. The molecular formula is C16H15BrN2O2. The summed E-state index contributed by atoms with van der Waals surface area (Å²) in [5.74, 6) is -0.288. The third kappa shape index (κ3) is 2.26. The van der Waals surface area contributed by atoms with E-state index in [1.165, 1.54) is 0 Å². The van der Waals surface area contributed by atoms with Crippen molar-refractivity contribution in [2.75, 3.05) is 11.4 Å². The van der Waals surface area contributed by atoms with E-state index < -0.39 is 5.60 Å². The highest BCUT2D eigenvalue weighted by atomic mass is 79.9. The first kappa shape index (κ1) is 14.2. The van der Waals surface area contributed by atoms with E-state index in [4.69, 9.17) is 0 Å². The zero-order chi connectivity index (χ0) is 15.0. The number of carbonyl (C=O) groups is 1. The molecule has 0 saturated carbocycles. The van der Waals surface area contributed by atoms with Crippen LogP contribution < -0.4 is 4.90 Å². The SMILES string of the molecule is CCN1C(=O)C(O)(Cc2ccccn2)c2cc(Br)ccc21. The lowest BCUT2D eigenvalue weighted by molar-refractivity contribution is -0.136. The minimum Gasteiger partial charge on any atom is -0.375 e. The summed E-state index contributed by atoms with van der Waals surface area (Å²) in [5, 5.41) is 11.0. The van der Waals surface area contributed by atoms with Gasteiger partial charge in [-0.2, -0.15) is 0 Å². The predicted octanol–water partition coefficient (Wildman–Crippen LogP) is 2.64. The zero-order valence-electron chi connectivity index (χ0n) is 11.6. The average molecular weight is 347 g/mol. The summed E-state index contributed by atoms with van der Waals surface area (Å²) in [6.45, 7) is 2.42. The molecule has 0 saturated heterocycles. The first-order valence-electron chi connectivity index (χ1n) is 6.80. The van der Waals surface area contributed by atoms with Crippen LogP contribution in [0.25, 0.3) is 0 Å². The summed E-state index contributed by atoms with van der Waals surface area (Å²) >= 11 is 3.41. The molecule has 3 rings (SSSR count). The molecule has 2 heterocycles. The first-order valence-corrected chi connectivity index (χ1v) is 7.60. The van der Waals surface area contributed by atoms with Crippen LogP contribution in [0.5, 0.6) is 0 Å². The van der Waals surface area contributed by atoms with Gasteiger partial charge < -0.3 is 10.0 Å². The number of carbonyl (C=O) groups excluding carboxylic acids is 1. The molecule has 1 atom stereocenters. The number of pyridine rings is 1. The van der Waals surface area contributed by atoms with Gasteiger partial charge in [0.2, 0.25) is 0 Å². The highest BCUT2D eigenvalue weighted by molar-refractivity contribution is 9.10. The average Bonchev–Trinajstić information content (AvgIpc) is 2.69. The summed E-state index contributed by atoms with van der Waals surface area (Å²) < 4.78 is 0.839. The number of anilines is 1. The maximum atomic E-state index is 12.7. The van der Waals surface area contributed by atoms with Crippen molar-refractivity contribution in [2.24, 2.45) is 0 Å². The monoisotopic (exact) mass is 346 g/mol. The molecule has 0 spiro atoms. The third-order valence-electron chi connectivity index (χ3n) is 3.77. The molecule has 1 aromatic carbocycles. The lowest BCUT2D eigenvalue weighted by atomic mass is 9.90. The summed E-state index contributed by atoms with van der Waals surface area (Å²) in [5.41, 5.74) is 0.541. The number of aliphatic hydroxyl groups is 1. The van der Waals surface area contributed by atoms with Crippen LogP contribution in [0.15, 0.2) is 47.1 Å². The molecule has 0 fully saturated rings. The van der Waals surface area contributed by atoms with Crippen LogP contribution in [-0.2, 0) is 16.8 Å². The second-order valence-electron chi connectivity index (χ2n) is 5.07. The van der Waals surface area contributed by atoms with Crippen LogP contribution in [0.4, 0.5) is 5.69 Å². The van der Waals surface area contributed by atoms with E-state index in [9.17, 15) is 9.90 Å². The lowest BCUT2D eigenvalue weighted by Gasteiger charge is -2.22. The van der Waals surface area contributed by atoms with E-state index in [2.05, 4.69) is 20.9 Å². The van der Waals surface area contributed by atoms with Crippen molar-refractivity contribution in [3.05, 3.63) is 58.3 Å². The van der Waals surface area contributed by atoms with Crippen molar-refractivity contribution in [3.63, 3.8) is 0 Å². The second-order valence-corrected chi connectivity index (χ2v) is 5.98. The molecule has 1 N–H and O–H groups in total. The summed E-state index contributed by atoms with van der Waals surface area (Å²) in [4.78, 5) is 18.5. The lowest BCUT2D eigenvalue weighted by Crippen LogP contribution is -2.42. The normalized spacial score (nSPS) is 20.7. The van der Waals surface area contributed by atoms with Crippen molar-refractivity contribution in [1.29, 1.82) is 0 Å². The molecule has 1 unspecified atom stereocenters. The number of benzene rings is 1. The maximum Gasteiger partial charge on any atom is 0.264 e. The van der Waals surface area contributed by atoms with Gasteiger partial charge in [-0.3, -0.25) is 9.78 Å². The fourth-order valence-electron chi connectivity index (χ4n) is 2.77. The van der Waals surface area contributed by atoms with Gasteiger partial charge in [-0.15, -0.1) is 0 Å². The largest absolute Gasteiger partial charge is 0.375 e. The topological polar surface area (TPSA) is 53.4 Å². The minimum atomic E-state index is -1.55. The third-order valence-corrected chi connectivity index (χ3v) is 4.27. The number of hydrogen-bond acceptors (Lipinski definition) is 3. The Labute approximate surface area is 131 Å². The van der Waals surface area contributed by atoms with Crippen LogP contribution >= 0.6 is 15.9 Å². The number of halogens is 1. The van der Waals surface area contributed by atoms with Crippen molar-refractivity contribution >= 4 is 27.5 Å². The van der Waals surface area contributed by atoms with E-state index in [1.807, 2.05) is 43.3 Å². The minimum absolute atomic E-state index is 0.173. The van der Waals surface area contributed by atoms with Gasteiger partial charge in [0.15, 0.2) is 5.60 Å². The molecule has 4 nitrogen and oxygen atoms in total. The fraction of sp³-hybridized carbons (Fsp3) is 0.250. The highest BCUT2D eigenvalue weighted by Crippen LogP contribution is 2.43. The quantitative estimate of drug-likeness (QED) is 0.929. The molecule has 1 amide bonds. The Bertz CT molecular complexity index is 690. The number of rotatable bonds is 3. The van der Waals surface area contributed by atoms with Gasteiger partial charge in [0.05, 0.1) is 5.69 Å². The summed E-state index contributed by atoms with van der Waals surface area (Å²) in [7, 11) is 0. The standard InChI is InChI=1S/C16H15BrN2O2/c1-2-19-14-7-6-11(17)9-13(14)16(21,15(19)20)10-12-5-3-4-8-18-12/h3-9,21H,2,10H2,1H3. The van der Waals surface area contributed by atoms with Crippen LogP contribution in [0.1, 0.15) is 18.2 Å². The smallest absolute Gasteiger partial charge is 0.264 e. The van der Waals surface area contributed by atoms with E-state index in [0.717, 1.165) is 10.2 Å². The van der Waals surface area contributed by atoms with Gasteiger partial charge in [0.1, 0.15) is 0 Å². The van der Waals surface area contributed by atoms with Gasteiger partial charge in [0.25, 0.3) is 5.91 Å². The van der Waals surface area contributed by atoms with Crippen LogP contribution in [-0.4, -0.2) is 22.5 Å². The number of nitrogens with zero attached hydrogens (tertiary/aromatic N) is 2. The Morgan fingerprint density at radius 1 is 1.33 bits per heavy atom. The molecule has 21 heavy (non-hydrogen) atoms. The molecule has 0 bridgehead atoms. The molecule has 1 aliphatic rings. The molecule has 1 aliphatic heterocycles. The molecule has 0 aliphatic carbocycles. The number of fused-ring (bicyclic) bond motifs is 1. The van der Waals surface area contributed by atoms with Crippen LogP contribution in [0.2, 0.25) is 0 Å². The Balaban J connectivity index is 2.10. The molecular weight excluding hydrogens is 332 g/mol. The van der Waals surface area contributed by atoms with E-state index in [-0.39, 0.29) is 12.3 Å². The fourth-order valence-corrected chi connectivity index (χ4v) is 3.13. The molecule has 2 aromatic rings. The first-order chi connectivity index (χ1) is 10.1. The van der Waals surface area contributed by atoms with Gasteiger partial charge in [0, 0.05) is 34.9 Å². The Kier molecular flexibility index (Phi) is 3.55. The van der Waals surface area contributed by atoms with E-state index >= 15 is 0 Å². The highest BCUT2D eigenvalue weighted by Gasteiger charge is 2.49. The predicted molar refractivity (Wildman–Crippen MR) is 84.0 cm³/mol. The summed E-state index contributed by atoms with van der Waals surface area (Å²) in [6, 6.07) is 11.0. The van der Waals surface area contributed by atoms with Gasteiger partial charge in [-0.05, 0) is 37.3 Å². The Morgan fingerprint density at radius 2 is 2.14 bits per heavy atom. The second kappa shape index (κ2) is 5.24. The summed E-state index contributed by atoms with van der Waals surface area (Å²) in [6.07, 6.45) is 1.84. The van der Waals surface area contributed by atoms with E-state index in [0.29, 0.717) is 17.8 Å². The maximum absolute atomic E-state index is 12.7. The number of aromatic nitrogens is 1. The number of amides is 1. The Hall–Kier alpha value is -1.72. The van der Waals surface area contributed by atoms with Crippen LogP contribution in [0, 0.1) is 0 Å². The molecule has 5 heteroatoms. The van der Waals surface area contributed by atoms with Gasteiger partial charge in [-0.25, -0.2) is 0 Å². The van der Waals surface area contributed by atoms with E-state index in [1.54, 1.807) is 11.1 Å². The van der Waals surface area contributed by atoms with Crippen molar-refractivity contribution in [1.82, 2.24) is 4.98 Å². The van der Waals surface area contributed by atoms with Gasteiger partial charge in [-0.1, -0.05) is 22.0 Å². The number of hydrogen-bond donors (Lipinski definition) is 1. The van der Waals surface area contributed by atoms with Crippen molar-refractivity contribution in [2.45, 2.75) is 18.9 Å². The zero-order valence-corrected chi connectivity index (χ0v) is 13.2. The van der Waals surface area contributed by atoms with Crippen molar-refractivity contribution < 1.29 is 9.90 Å². The number of likely N-dealkylation sites (N-methyl/N-ethyl adjacent to an activating group) is 1.